The number of nitrogens with zero attached hydrogens (tertiary/aromatic N) is 3. The van der Waals surface area contributed by atoms with E-state index in [9.17, 15) is 0 Å². The van der Waals surface area contributed by atoms with E-state index < -0.39 is 0 Å². The van der Waals surface area contributed by atoms with Gasteiger partial charge in [0, 0.05) is 38.7 Å². The fourth-order valence-corrected chi connectivity index (χ4v) is 2.93. The predicted molar refractivity (Wildman–Crippen MR) is 84.8 cm³/mol. The summed E-state index contributed by atoms with van der Waals surface area (Å²) in [4.78, 5) is 2.33. The summed E-state index contributed by atoms with van der Waals surface area (Å²) in [5.41, 5.74) is 0.952. The maximum Gasteiger partial charge on any atom is 0.123 e. The van der Waals surface area contributed by atoms with E-state index in [4.69, 9.17) is 14.2 Å². The molecule has 1 aliphatic heterocycles. The molecule has 7 heteroatoms. The minimum Gasteiger partial charge on any atom is -0.497 e. The van der Waals surface area contributed by atoms with Crippen molar-refractivity contribution in [1.29, 1.82) is 0 Å². The minimum atomic E-state index is 0.136. The second-order valence-corrected chi connectivity index (χ2v) is 5.56. The van der Waals surface area contributed by atoms with Crippen LogP contribution in [-0.2, 0) is 4.74 Å². The molecule has 0 bridgehead atoms. The van der Waals surface area contributed by atoms with E-state index in [0.29, 0.717) is 6.61 Å². The molecule has 23 heavy (non-hydrogen) atoms. The monoisotopic (exact) mass is 318 g/mol. The third-order valence-corrected chi connectivity index (χ3v) is 4.18. The van der Waals surface area contributed by atoms with E-state index in [-0.39, 0.29) is 12.0 Å². The van der Waals surface area contributed by atoms with Gasteiger partial charge in [-0.3, -0.25) is 4.90 Å². The molecule has 1 aromatic heterocycles. The Morgan fingerprint density at radius 1 is 1.26 bits per heavy atom. The van der Waals surface area contributed by atoms with Gasteiger partial charge in [0.1, 0.15) is 18.1 Å². The van der Waals surface area contributed by atoms with Crippen molar-refractivity contribution in [3.05, 3.63) is 36.2 Å². The van der Waals surface area contributed by atoms with Crippen molar-refractivity contribution in [1.82, 2.24) is 20.3 Å². The number of methoxy groups -OCH3 is 2. The van der Waals surface area contributed by atoms with E-state index in [1.54, 1.807) is 20.4 Å². The predicted octanol–water partition coefficient (Wildman–Crippen LogP) is 1.31. The third-order valence-electron chi connectivity index (χ3n) is 4.18. The molecule has 1 saturated heterocycles. The van der Waals surface area contributed by atoms with Gasteiger partial charge in [-0.05, 0) is 12.1 Å². The number of likely N-dealkylation sites (tertiary alicyclic amines) is 1. The van der Waals surface area contributed by atoms with Crippen molar-refractivity contribution < 1.29 is 14.2 Å². The average Bonchev–Trinajstić information content (AvgIpc) is 3.24. The van der Waals surface area contributed by atoms with Gasteiger partial charge in [0.2, 0.25) is 0 Å². The number of aromatic amines is 1. The first kappa shape index (κ1) is 15.8. The largest absolute Gasteiger partial charge is 0.497 e. The number of nitrogens with one attached hydrogen (secondary N) is 1. The highest BCUT2D eigenvalue weighted by Crippen LogP contribution is 2.27. The first-order valence-electron chi connectivity index (χ1n) is 7.68. The van der Waals surface area contributed by atoms with Gasteiger partial charge in [-0.2, -0.15) is 15.4 Å². The van der Waals surface area contributed by atoms with Crippen LogP contribution in [0.25, 0.3) is 0 Å². The number of aromatic nitrogens is 3. The molecule has 0 spiro atoms. The molecular weight excluding hydrogens is 296 g/mol. The SMILES string of the molecule is COc1cccc(OCCN2C[C@@H](OC)[C@H](c3cn[nH]n3)C2)c1. The molecule has 2 atom stereocenters. The number of rotatable bonds is 7. The molecule has 1 aromatic carbocycles. The number of ether oxygens (including phenoxy) is 3. The molecule has 0 saturated carbocycles. The van der Waals surface area contributed by atoms with Gasteiger partial charge in [0.25, 0.3) is 0 Å². The average molecular weight is 318 g/mol. The molecule has 124 valence electrons. The van der Waals surface area contributed by atoms with Crippen LogP contribution in [0.1, 0.15) is 11.6 Å². The van der Waals surface area contributed by atoms with Crippen molar-refractivity contribution in [3.63, 3.8) is 0 Å². The van der Waals surface area contributed by atoms with Crippen LogP contribution in [0.4, 0.5) is 0 Å². The maximum atomic E-state index is 5.81. The summed E-state index contributed by atoms with van der Waals surface area (Å²) in [5, 5.41) is 10.8. The highest BCUT2D eigenvalue weighted by molar-refractivity contribution is 5.32. The van der Waals surface area contributed by atoms with Crippen LogP contribution in [0.5, 0.6) is 11.5 Å². The summed E-state index contributed by atoms with van der Waals surface area (Å²) in [7, 11) is 3.40. The van der Waals surface area contributed by atoms with Gasteiger partial charge < -0.3 is 14.2 Å². The van der Waals surface area contributed by atoms with Crippen molar-refractivity contribution in [3.8, 4) is 11.5 Å². The minimum absolute atomic E-state index is 0.136. The Morgan fingerprint density at radius 3 is 2.87 bits per heavy atom. The zero-order valence-corrected chi connectivity index (χ0v) is 13.4. The zero-order valence-electron chi connectivity index (χ0n) is 13.4. The van der Waals surface area contributed by atoms with Crippen molar-refractivity contribution >= 4 is 0 Å². The molecule has 3 rings (SSSR count). The molecule has 7 nitrogen and oxygen atoms in total. The van der Waals surface area contributed by atoms with Gasteiger partial charge in [0.15, 0.2) is 0 Å². The van der Waals surface area contributed by atoms with Crippen LogP contribution >= 0.6 is 0 Å². The van der Waals surface area contributed by atoms with Gasteiger partial charge >= 0.3 is 0 Å². The fraction of sp³-hybridized carbons (Fsp3) is 0.500. The Labute approximate surface area is 135 Å². The van der Waals surface area contributed by atoms with Crippen LogP contribution < -0.4 is 9.47 Å². The highest BCUT2D eigenvalue weighted by atomic mass is 16.5. The van der Waals surface area contributed by atoms with Crippen molar-refractivity contribution in [2.24, 2.45) is 0 Å². The van der Waals surface area contributed by atoms with Crippen LogP contribution in [0.2, 0.25) is 0 Å². The Bertz CT molecular complexity index is 605. The number of H-pyrrole nitrogens is 1. The van der Waals surface area contributed by atoms with Gasteiger partial charge in [-0.15, -0.1) is 0 Å². The zero-order chi connectivity index (χ0) is 16.1. The molecule has 2 heterocycles. The lowest BCUT2D eigenvalue weighted by Crippen LogP contribution is -2.27. The van der Waals surface area contributed by atoms with Crippen LogP contribution in [0.15, 0.2) is 30.5 Å². The van der Waals surface area contributed by atoms with E-state index in [2.05, 4.69) is 20.3 Å². The van der Waals surface area contributed by atoms with Crippen molar-refractivity contribution in [2.45, 2.75) is 12.0 Å². The highest BCUT2D eigenvalue weighted by Gasteiger charge is 2.35. The molecule has 0 unspecified atom stereocenters. The summed E-state index contributed by atoms with van der Waals surface area (Å²) in [6, 6.07) is 7.65. The second-order valence-electron chi connectivity index (χ2n) is 5.56. The van der Waals surface area contributed by atoms with E-state index in [0.717, 1.165) is 36.8 Å². The first-order valence-corrected chi connectivity index (χ1v) is 7.68. The molecule has 1 fully saturated rings. The third kappa shape index (κ3) is 3.80. The Balaban J connectivity index is 1.51. The Hall–Kier alpha value is -2.12. The van der Waals surface area contributed by atoms with Crippen LogP contribution in [0, 0.1) is 0 Å². The van der Waals surface area contributed by atoms with Crippen LogP contribution in [0.3, 0.4) is 0 Å². The lowest BCUT2D eigenvalue weighted by molar-refractivity contribution is 0.0948. The van der Waals surface area contributed by atoms with E-state index >= 15 is 0 Å². The van der Waals surface area contributed by atoms with E-state index in [1.165, 1.54) is 0 Å². The second kappa shape index (κ2) is 7.43. The van der Waals surface area contributed by atoms with Crippen molar-refractivity contribution in [2.75, 3.05) is 40.5 Å². The van der Waals surface area contributed by atoms with Gasteiger partial charge in [-0.25, -0.2) is 0 Å². The number of hydrogen-bond donors (Lipinski definition) is 1. The molecule has 0 radical (unpaired) electrons. The number of benzene rings is 1. The Morgan fingerprint density at radius 2 is 2.13 bits per heavy atom. The van der Waals surface area contributed by atoms with Gasteiger partial charge in [0.05, 0.1) is 25.1 Å². The smallest absolute Gasteiger partial charge is 0.123 e. The van der Waals surface area contributed by atoms with Gasteiger partial charge in [-0.1, -0.05) is 6.07 Å². The summed E-state index contributed by atoms with van der Waals surface area (Å²) in [5.74, 6) is 1.87. The summed E-state index contributed by atoms with van der Waals surface area (Å²) in [6.07, 6.45) is 1.91. The summed E-state index contributed by atoms with van der Waals surface area (Å²) >= 11 is 0. The summed E-state index contributed by atoms with van der Waals surface area (Å²) < 4.78 is 16.6. The maximum absolute atomic E-state index is 5.81. The Kier molecular flexibility index (Phi) is 5.09. The first-order chi connectivity index (χ1) is 11.3. The number of hydrogen-bond acceptors (Lipinski definition) is 6. The van der Waals surface area contributed by atoms with E-state index in [1.807, 2.05) is 24.3 Å². The topological polar surface area (TPSA) is 72.5 Å². The molecule has 1 aliphatic rings. The quantitative estimate of drug-likeness (QED) is 0.830. The molecule has 0 amide bonds. The lowest BCUT2D eigenvalue weighted by Gasteiger charge is -2.16. The molecule has 2 aromatic rings. The molecule has 1 N–H and O–H groups in total. The molecular formula is C16H22N4O3. The molecule has 0 aliphatic carbocycles. The standard InChI is InChI=1S/C16H22N4O3/c1-21-12-4-3-5-13(8-12)23-7-6-20-10-14(16(11-20)22-2)15-9-17-19-18-15/h3-5,8-9,14,16H,6-7,10-11H2,1-2H3,(H,17,18,19)/t14-,16+/m0/s1. The lowest BCUT2D eigenvalue weighted by atomic mass is 10.0. The van der Waals surface area contributed by atoms with Crippen LogP contribution in [-0.4, -0.2) is 66.9 Å². The summed E-state index contributed by atoms with van der Waals surface area (Å²) in [6.45, 7) is 3.22. The fourth-order valence-electron chi connectivity index (χ4n) is 2.93. The normalized spacial score (nSPS) is 21.5.